The van der Waals surface area contributed by atoms with Crippen molar-refractivity contribution in [2.75, 3.05) is 13.7 Å². The lowest BCUT2D eigenvalue weighted by Gasteiger charge is -2.33. The van der Waals surface area contributed by atoms with Crippen molar-refractivity contribution in [1.82, 2.24) is 9.88 Å². The summed E-state index contributed by atoms with van der Waals surface area (Å²) in [6.45, 7) is 8.09. The maximum atomic E-state index is 15.1. The molecule has 1 aliphatic carbocycles. The second-order valence-corrected chi connectivity index (χ2v) is 13.0. The highest BCUT2D eigenvalue weighted by atomic mass is 19.1. The van der Waals surface area contributed by atoms with Crippen molar-refractivity contribution in [2.45, 2.75) is 83.4 Å². The predicted octanol–water partition coefficient (Wildman–Crippen LogP) is 7.55. The highest BCUT2D eigenvalue weighted by molar-refractivity contribution is 5.71. The van der Waals surface area contributed by atoms with E-state index in [1.165, 1.54) is 6.20 Å². The SMILES string of the molecule is COc1cc(-c2ccc([C@@H]3CCc4ccc([C@H](C5CC5)[C@H](C)C(=O)O)cc4O3)cc2CN2CCCC2(C)C)c(F)cn1. The Bertz CT molecular complexity index is 1480. The van der Waals surface area contributed by atoms with Crippen LogP contribution in [0.3, 0.4) is 0 Å². The molecule has 3 aliphatic rings. The molecule has 3 aromatic rings. The Labute approximate surface area is 247 Å². The molecule has 2 fully saturated rings. The van der Waals surface area contributed by atoms with Gasteiger partial charge < -0.3 is 14.6 Å². The van der Waals surface area contributed by atoms with Crippen molar-refractivity contribution in [2.24, 2.45) is 11.8 Å². The summed E-state index contributed by atoms with van der Waals surface area (Å²) in [6, 6.07) is 14.2. The summed E-state index contributed by atoms with van der Waals surface area (Å²) < 4.78 is 27.1. The van der Waals surface area contributed by atoms with Gasteiger partial charge in [-0.2, -0.15) is 0 Å². The second-order valence-electron chi connectivity index (χ2n) is 13.0. The number of fused-ring (bicyclic) bond motifs is 1. The highest BCUT2D eigenvalue weighted by Crippen LogP contribution is 2.48. The number of carboxylic acid groups (broad SMARTS) is 1. The van der Waals surface area contributed by atoms with Gasteiger partial charge in [0.1, 0.15) is 17.7 Å². The van der Waals surface area contributed by atoms with Crippen LogP contribution in [0.1, 0.15) is 87.2 Å². The number of carbonyl (C=O) groups is 1. The van der Waals surface area contributed by atoms with Gasteiger partial charge >= 0.3 is 5.97 Å². The van der Waals surface area contributed by atoms with Gasteiger partial charge in [-0.25, -0.2) is 9.37 Å². The number of pyridine rings is 1. The number of benzene rings is 2. The smallest absolute Gasteiger partial charge is 0.306 e. The molecule has 2 aliphatic heterocycles. The fraction of sp³-hybridized carbons (Fsp3) is 0.486. The van der Waals surface area contributed by atoms with Gasteiger partial charge in [0.2, 0.25) is 5.88 Å². The molecule has 1 saturated heterocycles. The maximum absolute atomic E-state index is 15.1. The summed E-state index contributed by atoms with van der Waals surface area (Å²) in [6.07, 6.45) is 7.25. The van der Waals surface area contributed by atoms with E-state index in [9.17, 15) is 9.90 Å². The van der Waals surface area contributed by atoms with Crippen molar-refractivity contribution in [3.8, 4) is 22.8 Å². The molecule has 7 heteroatoms. The number of likely N-dealkylation sites (tertiary alicyclic amines) is 1. The summed E-state index contributed by atoms with van der Waals surface area (Å²) in [4.78, 5) is 18.4. The fourth-order valence-electron chi connectivity index (χ4n) is 7.01. The van der Waals surface area contributed by atoms with Crippen molar-refractivity contribution in [3.05, 3.63) is 76.7 Å². The van der Waals surface area contributed by atoms with E-state index in [-0.39, 0.29) is 23.4 Å². The second kappa shape index (κ2) is 11.3. The Hall–Kier alpha value is -3.45. The first-order chi connectivity index (χ1) is 20.1. The summed E-state index contributed by atoms with van der Waals surface area (Å²) in [5.41, 5.74) is 5.74. The molecular weight excluding hydrogens is 531 g/mol. The third kappa shape index (κ3) is 5.63. The molecule has 6 nitrogen and oxygen atoms in total. The predicted molar refractivity (Wildman–Crippen MR) is 160 cm³/mol. The van der Waals surface area contributed by atoms with Crippen LogP contribution in [0, 0.1) is 17.7 Å². The molecule has 0 amide bonds. The Morgan fingerprint density at radius 1 is 1.17 bits per heavy atom. The Kier molecular flexibility index (Phi) is 7.73. The van der Waals surface area contributed by atoms with Gasteiger partial charge in [0.25, 0.3) is 0 Å². The quantitative estimate of drug-likeness (QED) is 0.285. The Morgan fingerprint density at radius 2 is 1.98 bits per heavy atom. The van der Waals surface area contributed by atoms with E-state index in [0.717, 1.165) is 78.6 Å². The zero-order chi connectivity index (χ0) is 29.6. The average Bonchev–Trinajstić information content (AvgIpc) is 3.76. The minimum Gasteiger partial charge on any atom is -0.485 e. The lowest BCUT2D eigenvalue weighted by Crippen LogP contribution is -2.37. The summed E-state index contributed by atoms with van der Waals surface area (Å²) >= 11 is 0. The lowest BCUT2D eigenvalue weighted by atomic mass is 9.82. The van der Waals surface area contributed by atoms with Crippen LogP contribution in [-0.4, -0.2) is 40.2 Å². The number of carboxylic acids is 1. The molecule has 1 N–H and O–H groups in total. The molecule has 0 bridgehead atoms. The Morgan fingerprint density at radius 3 is 2.67 bits per heavy atom. The number of hydrogen-bond acceptors (Lipinski definition) is 5. The molecule has 222 valence electrons. The van der Waals surface area contributed by atoms with E-state index in [4.69, 9.17) is 9.47 Å². The van der Waals surface area contributed by atoms with Crippen molar-refractivity contribution in [1.29, 1.82) is 0 Å². The van der Waals surface area contributed by atoms with Crippen LogP contribution < -0.4 is 9.47 Å². The Balaban J connectivity index is 1.33. The number of rotatable bonds is 9. The summed E-state index contributed by atoms with van der Waals surface area (Å²) in [7, 11) is 1.54. The van der Waals surface area contributed by atoms with Crippen LogP contribution in [0.5, 0.6) is 11.6 Å². The van der Waals surface area contributed by atoms with E-state index < -0.39 is 11.9 Å². The van der Waals surface area contributed by atoms with Crippen molar-refractivity contribution >= 4 is 5.97 Å². The summed E-state index contributed by atoms with van der Waals surface area (Å²) in [5.74, 6) is 0.0921. The molecule has 3 atom stereocenters. The molecule has 0 unspecified atom stereocenters. The number of methoxy groups -OCH3 is 1. The van der Waals surface area contributed by atoms with Crippen LogP contribution in [0.15, 0.2) is 48.7 Å². The van der Waals surface area contributed by atoms with E-state index >= 15 is 4.39 Å². The first-order valence-corrected chi connectivity index (χ1v) is 15.2. The van der Waals surface area contributed by atoms with Gasteiger partial charge in [0.15, 0.2) is 0 Å². The highest BCUT2D eigenvalue weighted by Gasteiger charge is 2.39. The summed E-state index contributed by atoms with van der Waals surface area (Å²) in [5, 5.41) is 9.76. The number of aryl methyl sites for hydroxylation is 1. The van der Waals surface area contributed by atoms with Gasteiger partial charge in [-0.15, -0.1) is 0 Å². The molecular formula is C35H41FN2O4. The van der Waals surface area contributed by atoms with E-state index in [1.54, 1.807) is 13.2 Å². The van der Waals surface area contributed by atoms with Gasteiger partial charge in [0.05, 0.1) is 19.2 Å². The van der Waals surface area contributed by atoms with E-state index in [1.807, 2.05) is 13.0 Å². The number of aromatic nitrogens is 1. The minimum absolute atomic E-state index is 0.00118. The third-order valence-corrected chi connectivity index (χ3v) is 9.74. The van der Waals surface area contributed by atoms with Crippen LogP contribution in [0.4, 0.5) is 4.39 Å². The fourth-order valence-corrected chi connectivity index (χ4v) is 7.01. The van der Waals surface area contributed by atoms with Gasteiger partial charge in [-0.1, -0.05) is 37.3 Å². The molecule has 3 heterocycles. The first-order valence-electron chi connectivity index (χ1n) is 15.2. The van der Waals surface area contributed by atoms with Crippen molar-refractivity contribution < 1.29 is 23.8 Å². The molecule has 1 saturated carbocycles. The standard InChI is InChI=1S/C35H41FN2O4/c1-21(34(39)40)33(23-7-8-23)25-9-6-22-11-13-30(42-31(22)17-25)24-10-12-27(28-18-32(41-4)37-19-29(28)36)26(16-24)20-38-15-5-14-35(38,2)3/h6,9-10,12,16-19,21,23,30,33H,5,7-8,11,13-15,20H2,1-4H3,(H,39,40)/t21-,30-,33-/m0/s1. The minimum atomic E-state index is -0.750. The third-order valence-electron chi connectivity index (χ3n) is 9.74. The number of nitrogens with zero attached hydrogens (tertiary/aromatic N) is 2. The number of hydrogen-bond donors (Lipinski definition) is 1. The largest absolute Gasteiger partial charge is 0.485 e. The van der Waals surface area contributed by atoms with Crippen molar-refractivity contribution in [3.63, 3.8) is 0 Å². The van der Waals surface area contributed by atoms with Gasteiger partial charge in [-0.3, -0.25) is 9.69 Å². The van der Waals surface area contributed by atoms with Crippen LogP contribution >= 0.6 is 0 Å². The molecule has 6 rings (SSSR count). The van der Waals surface area contributed by atoms with E-state index in [0.29, 0.717) is 23.9 Å². The monoisotopic (exact) mass is 572 g/mol. The number of halogens is 1. The number of aliphatic carboxylic acids is 1. The van der Waals surface area contributed by atoms with Gasteiger partial charge in [0, 0.05) is 23.7 Å². The number of ether oxygens (including phenoxy) is 2. The van der Waals surface area contributed by atoms with Crippen LogP contribution in [0.2, 0.25) is 0 Å². The van der Waals surface area contributed by atoms with Crippen LogP contribution in [-0.2, 0) is 17.8 Å². The van der Waals surface area contributed by atoms with Crippen LogP contribution in [0.25, 0.3) is 11.1 Å². The average molecular weight is 573 g/mol. The lowest BCUT2D eigenvalue weighted by molar-refractivity contribution is -0.142. The van der Waals surface area contributed by atoms with E-state index in [2.05, 4.69) is 54.1 Å². The zero-order valence-electron chi connectivity index (χ0n) is 25.0. The molecule has 2 aromatic carbocycles. The molecule has 0 radical (unpaired) electrons. The van der Waals surface area contributed by atoms with Gasteiger partial charge in [-0.05, 0) is 105 Å². The molecule has 1 aromatic heterocycles. The zero-order valence-corrected chi connectivity index (χ0v) is 25.0. The topological polar surface area (TPSA) is 71.9 Å². The normalized spacial score (nSPS) is 21.3. The molecule has 42 heavy (non-hydrogen) atoms. The maximum Gasteiger partial charge on any atom is 0.306 e. The first kappa shape index (κ1) is 28.7. The molecule has 0 spiro atoms.